The number of hydrogen-bond donors (Lipinski definition) is 2. The number of nitrogens with zero attached hydrogens (tertiary/aromatic N) is 1. The summed E-state index contributed by atoms with van der Waals surface area (Å²) in [6, 6.07) is 6.85. The molecule has 0 bridgehead atoms. The molecule has 0 radical (unpaired) electrons. The summed E-state index contributed by atoms with van der Waals surface area (Å²) < 4.78 is 22.5. The number of primary sulfonamides is 1. The molecule has 0 aliphatic rings. The molecule has 3 N–H and O–H groups in total. The minimum absolute atomic E-state index is 0.0819. The van der Waals surface area contributed by atoms with E-state index in [0.717, 1.165) is 17.0 Å². The quantitative estimate of drug-likeness (QED) is 0.847. The molecule has 2 rings (SSSR count). The van der Waals surface area contributed by atoms with Gasteiger partial charge in [-0.1, -0.05) is 19.1 Å². The van der Waals surface area contributed by atoms with Gasteiger partial charge < -0.3 is 5.32 Å². The summed E-state index contributed by atoms with van der Waals surface area (Å²) in [7, 11) is -3.64. The molecule has 0 fully saturated rings. The average Bonchev–Trinajstić information content (AvgIpc) is 2.95. The van der Waals surface area contributed by atoms with Crippen LogP contribution in [0.5, 0.6) is 0 Å². The van der Waals surface area contributed by atoms with Crippen molar-refractivity contribution in [3.63, 3.8) is 0 Å². The zero-order valence-corrected chi connectivity index (χ0v) is 14.5. The number of hydrogen-bond acceptors (Lipinski definition) is 5. The van der Waals surface area contributed by atoms with Crippen LogP contribution in [0.3, 0.4) is 0 Å². The molecule has 2 atom stereocenters. The fourth-order valence-corrected chi connectivity index (χ4v) is 3.56. The number of sulfonamides is 1. The molecule has 5 nitrogen and oxygen atoms in total. The van der Waals surface area contributed by atoms with Crippen molar-refractivity contribution in [2.75, 3.05) is 0 Å². The molecule has 0 saturated heterocycles. The van der Waals surface area contributed by atoms with Crippen LogP contribution in [-0.2, 0) is 16.4 Å². The zero-order chi connectivity index (χ0) is 16.3. The highest BCUT2D eigenvalue weighted by Gasteiger charge is 2.15. The highest BCUT2D eigenvalue weighted by molar-refractivity contribution is 7.89. The van der Waals surface area contributed by atoms with Crippen molar-refractivity contribution < 1.29 is 8.42 Å². The molecule has 7 heteroatoms. The van der Waals surface area contributed by atoms with Crippen LogP contribution >= 0.6 is 11.3 Å². The third-order valence-corrected chi connectivity index (χ3v) is 5.75. The summed E-state index contributed by atoms with van der Waals surface area (Å²) in [6.45, 7) is 6.23. The lowest BCUT2D eigenvalue weighted by molar-refractivity contribution is 0.493. The minimum Gasteiger partial charge on any atom is -0.302 e. The SMILES string of the molecule is CCc1cnc([C@H](C)N[C@@H](C)c2ccc(S(N)(=O)=O)cc2)s1. The maximum atomic E-state index is 11.3. The number of thiazole rings is 1. The molecule has 1 aromatic heterocycles. The Bertz CT molecular complexity index is 724. The maximum absolute atomic E-state index is 11.3. The van der Waals surface area contributed by atoms with E-state index in [-0.39, 0.29) is 17.0 Å². The monoisotopic (exact) mass is 339 g/mol. The summed E-state index contributed by atoms with van der Waals surface area (Å²) in [4.78, 5) is 5.84. The first-order valence-corrected chi connectivity index (χ1v) is 9.51. The van der Waals surface area contributed by atoms with Crippen molar-refractivity contribution in [2.24, 2.45) is 5.14 Å². The largest absolute Gasteiger partial charge is 0.302 e. The van der Waals surface area contributed by atoms with Crippen molar-refractivity contribution in [3.05, 3.63) is 45.9 Å². The Hall–Kier alpha value is -1.28. The van der Waals surface area contributed by atoms with Crippen LogP contribution in [0.4, 0.5) is 0 Å². The fraction of sp³-hybridized carbons (Fsp3) is 0.400. The second kappa shape index (κ2) is 6.87. The summed E-state index contributed by atoms with van der Waals surface area (Å²) in [5.41, 5.74) is 1.01. The zero-order valence-electron chi connectivity index (χ0n) is 12.9. The lowest BCUT2D eigenvalue weighted by Crippen LogP contribution is -2.22. The van der Waals surface area contributed by atoms with E-state index >= 15 is 0 Å². The molecular formula is C15H21N3O2S2. The molecule has 120 valence electrons. The second-order valence-corrected chi connectivity index (χ2v) is 7.95. The smallest absolute Gasteiger partial charge is 0.238 e. The molecule has 0 spiro atoms. The third kappa shape index (κ3) is 4.13. The first-order chi connectivity index (χ1) is 10.3. The molecule has 22 heavy (non-hydrogen) atoms. The van der Waals surface area contributed by atoms with Gasteiger partial charge in [0.2, 0.25) is 10.0 Å². The van der Waals surface area contributed by atoms with E-state index in [4.69, 9.17) is 5.14 Å². The summed E-state index contributed by atoms with van der Waals surface area (Å²) in [5, 5.41) is 9.64. The normalized spacial score (nSPS) is 14.7. The van der Waals surface area contributed by atoms with E-state index in [9.17, 15) is 8.42 Å². The summed E-state index contributed by atoms with van der Waals surface area (Å²) >= 11 is 1.71. The minimum atomic E-state index is -3.64. The third-order valence-electron chi connectivity index (χ3n) is 3.50. The van der Waals surface area contributed by atoms with Crippen molar-refractivity contribution in [3.8, 4) is 0 Å². The van der Waals surface area contributed by atoms with Crippen molar-refractivity contribution in [2.45, 2.75) is 44.2 Å². The van der Waals surface area contributed by atoms with E-state index in [0.29, 0.717) is 0 Å². The molecule has 0 aliphatic carbocycles. The van der Waals surface area contributed by atoms with Gasteiger partial charge in [0.15, 0.2) is 0 Å². The highest BCUT2D eigenvalue weighted by atomic mass is 32.2. The van der Waals surface area contributed by atoms with Crippen LogP contribution in [0, 0.1) is 0 Å². The number of aryl methyl sites for hydroxylation is 1. The number of nitrogens with one attached hydrogen (secondary N) is 1. The predicted molar refractivity (Wildman–Crippen MR) is 89.3 cm³/mol. The lowest BCUT2D eigenvalue weighted by Gasteiger charge is -2.19. The van der Waals surface area contributed by atoms with Crippen molar-refractivity contribution in [1.29, 1.82) is 0 Å². The Balaban J connectivity index is 2.06. The number of aromatic nitrogens is 1. The second-order valence-electron chi connectivity index (χ2n) is 5.24. The first kappa shape index (κ1) is 17.1. The Morgan fingerprint density at radius 1 is 1.23 bits per heavy atom. The number of nitrogens with two attached hydrogens (primary N) is 1. The molecule has 0 saturated carbocycles. The van der Waals surface area contributed by atoms with Crippen LogP contribution in [0.1, 0.15) is 48.3 Å². The van der Waals surface area contributed by atoms with E-state index in [1.165, 1.54) is 17.0 Å². The van der Waals surface area contributed by atoms with Gasteiger partial charge in [-0.2, -0.15) is 0 Å². The van der Waals surface area contributed by atoms with Gasteiger partial charge in [0.1, 0.15) is 5.01 Å². The molecule has 2 aromatic rings. The molecule has 0 amide bonds. The lowest BCUT2D eigenvalue weighted by atomic mass is 10.1. The molecule has 1 heterocycles. The Morgan fingerprint density at radius 3 is 2.36 bits per heavy atom. The van der Waals surface area contributed by atoms with E-state index in [1.54, 1.807) is 23.5 Å². The van der Waals surface area contributed by atoms with Gasteiger partial charge in [-0.25, -0.2) is 18.5 Å². The summed E-state index contributed by atoms with van der Waals surface area (Å²) in [5.74, 6) is 0. The van der Waals surface area contributed by atoms with Gasteiger partial charge >= 0.3 is 0 Å². The van der Waals surface area contributed by atoms with Crippen LogP contribution in [0.15, 0.2) is 35.4 Å². The number of benzene rings is 1. The molecule has 0 aliphatic heterocycles. The van der Waals surface area contributed by atoms with Gasteiger partial charge in [0, 0.05) is 17.1 Å². The van der Waals surface area contributed by atoms with E-state index in [1.807, 2.05) is 13.1 Å². The van der Waals surface area contributed by atoms with E-state index < -0.39 is 10.0 Å². The molecule has 0 unspecified atom stereocenters. The van der Waals surface area contributed by atoms with E-state index in [2.05, 4.69) is 24.1 Å². The molecule has 1 aromatic carbocycles. The average molecular weight is 339 g/mol. The van der Waals surface area contributed by atoms with Gasteiger partial charge in [0.05, 0.1) is 10.9 Å². The van der Waals surface area contributed by atoms with Gasteiger partial charge in [-0.3, -0.25) is 0 Å². The van der Waals surface area contributed by atoms with Crippen LogP contribution in [0.25, 0.3) is 0 Å². The van der Waals surface area contributed by atoms with Crippen molar-refractivity contribution in [1.82, 2.24) is 10.3 Å². The van der Waals surface area contributed by atoms with Crippen molar-refractivity contribution >= 4 is 21.4 Å². The van der Waals surface area contributed by atoms with Gasteiger partial charge in [-0.15, -0.1) is 11.3 Å². The number of rotatable bonds is 6. The maximum Gasteiger partial charge on any atom is 0.238 e. The Morgan fingerprint density at radius 2 is 1.86 bits per heavy atom. The summed E-state index contributed by atoms with van der Waals surface area (Å²) in [6.07, 6.45) is 2.92. The van der Waals surface area contributed by atoms with Crippen LogP contribution in [-0.4, -0.2) is 13.4 Å². The highest BCUT2D eigenvalue weighted by Crippen LogP contribution is 2.24. The first-order valence-electron chi connectivity index (χ1n) is 7.14. The fourth-order valence-electron chi connectivity index (χ4n) is 2.17. The van der Waals surface area contributed by atoms with Crippen LogP contribution in [0.2, 0.25) is 0 Å². The van der Waals surface area contributed by atoms with Gasteiger partial charge in [-0.05, 0) is 38.0 Å². The molecular weight excluding hydrogens is 318 g/mol. The van der Waals surface area contributed by atoms with Gasteiger partial charge in [0.25, 0.3) is 0 Å². The predicted octanol–water partition coefficient (Wildman–Crippen LogP) is 2.76. The van der Waals surface area contributed by atoms with Crippen LogP contribution < -0.4 is 10.5 Å². The Labute approximate surface area is 135 Å². The topological polar surface area (TPSA) is 85.1 Å². The Kier molecular flexibility index (Phi) is 5.33. The standard InChI is InChI=1S/C15H21N3O2S2/c1-4-13-9-17-15(21-13)11(3)18-10(2)12-5-7-14(8-6-12)22(16,19)20/h5-11,18H,4H2,1-3H3,(H2,16,19,20)/t10-,11-/m0/s1.